The van der Waals surface area contributed by atoms with E-state index < -0.39 is 10.0 Å². The Morgan fingerprint density at radius 2 is 1.96 bits per heavy atom. The SMILES string of the molecule is CCNc1nc(C)cc(N2CCN(S(=O)(=O)c3cnc(NC(C)=O)s3)CC2)n1. The van der Waals surface area contributed by atoms with Gasteiger partial charge in [-0.3, -0.25) is 4.79 Å². The highest BCUT2D eigenvalue weighted by Gasteiger charge is 2.31. The van der Waals surface area contributed by atoms with Crippen LogP contribution in [0.3, 0.4) is 0 Å². The third-order valence-corrected chi connectivity index (χ3v) is 7.35. The lowest BCUT2D eigenvalue weighted by molar-refractivity contribution is -0.114. The topological polar surface area (TPSA) is 120 Å². The Bertz CT molecular complexity index is 953. The van der Waals surface area contributed by atoms with E-state index in [0.717, 1.165) is 29.4 Å². The number of aryl methyl sites for hydroxylation is 1. The predicted molar refractivity (Wildman–Crippen MR) is 108 cm³/mol. The maximum Gasteiger partial charge on any atom is 0.254 e. The largest absolute Gasteiger partial charge is 0.354 e. The number of hydrogen-bond acceptors (Lipinski definition) is 9. The first-order valence-electron chi connectivity index (χ1n) is 8.87. The van der Waals surface area contributed by atoms with Gasteiger partial charge in [-0.2, -0.15) is 9.29 Å². The second-order valence-corrected chi connectivity index (χ2v) is 9.47. The smallest absolute Gasteiger partial charge is 0.254 e. The van der Waals surface area contributed by atoms with Crippen molar-refractivity contribution in [1.82, 2.24) is 19.3 Å². The highest BCUT2D eigenvalue weighted by Crippen LogP contribution is 2.27. The Labute approximate surface area is 168 Å². The number of rotatable bonds is 6. The Hall–Kier alpha value is -2.31. The summed E-state index contributed by atoms with van der Waals surface area (Å²) in [5.41, 5.74) is 0.853. The predicted octanol–water partition coefficient (Wildman–Crippen LogP) is 1.14. The minimum atomic E-state index is -3.64. The summed E-state index contributed by atoms with van der Waals surface area (Å²) in [5, 5.41) is 5.89. The van der Waals surface area contributed by atoms with Gasteiger partial charge in [0.05, 0.1) is 6.20 Å². The van der Waals surface area contributed by atoms with E-state index >= 15 is 0 Å². The molecule has 1 saturated heterocycles. The Morgan fingerprint density at radius 1 is 1.25 bits per heavy atom. The third kappa shape index (κ3) is 4.56. The van der Waals surface area contributed by atoms with Gasteiger partial charge in [-0.05, 0) is 13.8 Å². The molecule has 12 heteroatoms. The summed E-state index contributed by atoms with van der Waals surface area (Å²) in [7, 11) is -3.64. The summed E-state index contributed by atoms with van der Waals surface area (Å²) in [6, 6.07) is 1.90. The van der Waals surface area contributed by atoms with E-state index in [1.807, 2.05) is 19.9 Å². The van der Waals surface area contributed by atoms with Gasteiger partial charge in [0, 0.05) is 51.4 Å². The van der Waals surface area contributed by atoms with Crippen LogP contribution in [0.1, 0.15) is 19.5 Å². The minimum Gasteiger partial charge on any atom is -0.354 e. The van der Waals surface area contributed by atoms with Gasteiger partial charge in [0.2, 0.25) is 11.9 Å². The summed E-state index contributed by atoms with van der Waals surface area (Å²) in [5.74, 6) is 1.07. The monoisotopic (exact) mass is 425 g/mol. The molecule has 0 aromatic carbocycles. The van der Waals surface area contributed by atoms with Crippen molar-refractivity contribution in [1.29, 1.82) is 0 Å². The van der Waals surface area contributed by atoms with Crippen molar-refractivity contribution in [2.45, 2.75) is 25.0 Å². The molecule has 0 radical (unpaired) electrons. The Kier molecular flexibility index (Phi) is 6.10. The summed E-state index contributed by atoms with van der Waals surface area (Å²) in [4.78, 5) is 26.0. The molecule has 2 aromatic rings. The summed E-state index contributed by atoms with van der Waals surface area (Å²) >= 11 is 0.953. The molecular weight excluding hydrogens is 402 g/mol. The Balaban J connectivity index is 1.69. The molecule has 152 valence electrons. The number of aromatic nitrogens is 3. The molecule has 28 heavy (non-hydrogen) atoms. The van der Waals surface area contributed by atoms with Gasteiger partial charge in [0.1, 0.15) is 5.82 Å². The van der Waals surface area contributed by atoms with E-state index in [4.69, 9.17) is 0 Å². The second kappa shape index (κ2) is 8.37. The van der Waals surface area contributed by atoms with Gasteiger partial charge >= 0.3 is 0 Å². The number of carbonyl (C=O) groups excluding carboxylic acids is 1. The van der Waals surface area contributed by atoms with E-state index in [-0.39, 0.29) is 15.2 Å². The second-order valence-electron chi connectivity index (χ2n) is 6.28. The first-order valence-corrected chi connectivity index (χ1v) is 11.1. The fourth-order valence-electron chi connectivity index (χ4n) is 2.82. The summed E-state index contributed by atoms with van der Waals surface area (Å²) in [6.45, 7) is 7.70. The van der Waals surface area contributed by atoms with Crippen LogP contribution >= 0.6 is 11.3 Å². The number of anilines is 3. The van der Waals surface area contributed by atoms with Crippen LogP contribution in [0.5, 0.6) is 0 Å². The highest BCUT2D eigenvalue weighted by atomic mass is 32.2. The molecular formula is C16H23N7O3S2. The van der Waals surface area contributed by atoms with Crippen molar-refractivity contribution in [2.75, 3.05) is 48.3 Å². The number of sulfonamides is 1. The van der Waals surface area contributed by atoms with E-state index in [2.05, 4.69) is 30.5 Å². The van der Waals surface area contributed by atoms with Gasteiger partial charge in [0.15, 0.2) is 9.34 Å². The highest BCUT2D eigenvalue weighted by molar-refractivity contribution is 7.91. The Morgan fingerprint density at radius 3 is 2.61 bits per heavy atom. The van der Waals surface area contributed by atoms with Crippen molar-refractivity contribution in [2.24, 2.45) is 0 Å². The number of piperazine rings is 1. The van der Waals surface area contributed by atoms with Crippen LogP contribution in [-0.2, 0) is 14.8 Å². The molecule has 3 rings (SSSR count). The average molecular weight is 426 g/mol. The van der Waals surface area contributed by atoms with Crippen LogP contribution in [0.15, 0.2) is 16.5 Å². The normalized spacial score (nSPS) is 15.5. The van der Waals surface area contributed by atoms with Crippen molar-refractivity contribution in [3.05, 3.63) is 18.0 Å². The van der Waals surface area contributed by atoms with Crippen LogP contribution in [0, 0.1) is 6.92 Å². The lowest BCUT2D eigenvalue weighted by Gasteiger charge is -2.34. The van der Waals surface area contributed by atoms with Crippen LogP contribution in [-0.4, -0.2) is 66.3 Å². The van der Waals surface area contributed by atoms with Gasteiger partial charge in [-0.1, -0.05) is 11.3 Å². The van der Waals surface area contributed by atoms with Gasteiger partial charge in [-0.25, -0.2) is 18.4 Å². The average Bonchev–Trinajstić information content (AvgIpc) is 3.10. The minimum absolute atomic E-state index is 0.122. The first-order chi connectivity index (χ1) is 13.3. The zero-order valence-electron chi connectivity index (χ0n) is 16.0. The van der Waals surface area contributed by atoms with Crippen LogP contribution in [0.2, 0.25) is 0 Å². The number of carbonyl (C=O) groups is 1. The summed E-state index contributed by atoms with van der Waals surface area (Å²) < 4.78 is 27.3. The van der Waals surface area contributed by atoms with E-state index in [0.29, 0.717) is 32.1 Å². The van der Waals surface area contributed by atoms with Crippen LogP contribution < -0.4 is 15.5 Å². The maximum absolute atomic E-state index is 12.9. The molecule has 1 aliphatic rings. The maximum atomic E-state index is 12.9. The lowest BCUT2D eigenvalue weighted by atomic mass is 10.3. The zero-order chi connectivity index (χ0) is 20.3. The molecule has 0 bridgehead atoms. The van der Waals surface area contributed by atoms with E-state index in [1.54, 1.807) is 0 Å². The first kappa shape index (κ1) is 20.4. The zero-order valence-corrected chi connectivity index (χ0v) is 17.6. The van der Waals surface area contributed by atoms with E-state index in [1.165, 1.54) is 17.4 Å². The standard InChI is InChI=1S/C16H23N7O3S2/c1-4-17-15-19-11(2)9-13(21-15)22-5-7-23(8-6-22)28(25,26)14-10-18-16(27-14)20-12(3)24/h9-10H,4-8H2,1-3H3,(H,17,19,21)(H,18,20,24). The van der Waals surface area contributed by atoms with Crippen LogP contribution in [0.25, 0.3) is 0 Å². The van der Waals surface area contributed by atoms with Crippen molar-refractivity contribution < 1.29 is 13.2 Å². The molecule has 1 amide bonds. The molecule has 0 spiro atoms. The molecule has 10 nitrogen and oxygen atoms in total. The van der Waals surface area contributed by atoms with Gasteiger partial charge in [-0.15, -0.1) is 0 Å². The quantitative estimate of drug-likeness (QED) is 0.707. The summed E-state index contributed by atoms with van der Waals surface area (Å²) in [6.07, 6.45) is 1.29. The molecule has 0 aliphatic carbocycles. The molecule has 0 unspecified atom stereocenters. The molecule has 0 atom stereocenters. The molecule has 3 heterocycles. The molecule has 0 saturated carbocycles. The van der Waals surface area contributed by atoms with Gasteiger partial charge in [0.25, 0.3) is 10.0 Å². The number of hydrogen-bond donors (Lipinski definition) is 2. The fraction of sp³-hybridized carbons (Fsp3) is 0.500. The van der Waals surface area contributed by atoms with E-state index in [9.17, 15) is 13.2 Å². The third-order valence-electron chi connectivity index (χ3n) is 4.10. The molecule has 2 N–H and O–H groups in total. The molecule has 1 aliphatic heterocycles. The lowest BCUT2D eigenvalue weighted by Crippen LogP contribution is -2.48. The van der Waals surface area contributed by atoms with Crippen molar-refractivity contribution >= 4 is 44.2 Å². The number of amides is 1. The van der Waals surface area contributed by atoms with Crippen LogP contribution in [0.4, 0.5) is 16.9 Å². The number of thiazole rings is 1. The molecule has 1 fully saturated rings. The molecule has 2 aromatic heterocycles. The van der Waals surface area contributed by atoms with Crippen molar-refractivity contribution in [3.63, 3.8) is 0 Å². The fourth-order valence-corrected chi connectivity index (χ4v) is 5.48. The van der Waals surface area contributed by atoms with Crippen molar-refractivity contribution in [3.8, 4) is 0 Å². The number of nitrogens with one attached hydrogen (secondary N) is 2. The van der Waals surface area contributed by atoms with Gasteiger partial charge < -0.3 is 15.5 Å². The number of nitrogens with zero attached hydrogens (tertiary/aromatic N) is 5.